The van der Waals surface area contributed by atoms with Crippen molar-refractivity contribution >= 4 is 47.2 Å². The van der Waals surface area contributed by atoms with Crippen LogP contribution in [0.1, 0.15) is 26.7 Å². The Morgan fingerprint density at radius 3 is 2.57 bits per heavy atom. The predicted molar refractivity (Wildman–Crippen MR) is 99.8 cm³/mol. The number of para-hydroxylation sites is 1. The normalized spacial score (nSPS) is 20.7. The van der Waals surface area contributed by atoms with E-state index in [1.54, 1.807) is 18.2 Å². The van der Waals surface area contributed by atoms with Gasteiger partial charge in [0.2, 0.25) is 5.91 Å². The number of hydrogen-bond acceptors (Lipinski definition) is 3. The van der Waals surface area contributed by atoms with Crippen molar-refractivity contribution in [1.29, 1.82) is 0 Å². The second-order valence-electron chi connectivity index (χ2n) is 6.55. The third-order valence-electron chi connectivity index (χ3n) is 4.27. The minimum Gasteiger partial charge on any atom is -0.327 e. The molecule has 23 heavy (non-hydrogen) atoms. The molecule has 0 saturated carbocycles. The summed E-state index contributed by atoms with van der Waals surface area (Å²) in [6, 6.07) is 5.38. The van der Waals surface area contributed by atoms with Crippen molar-refractivity contribution in [3.63, 3.8) is 0 Å². The second kappa shape index (κ2) is 8.54. The molecule has 130 valence electrons. The van der Waals surface area contributed by atoms with Gasteiger partial charge in [0.25, 0.3) is 0 Å². The third-order valence-corrected chi connectivity index (χ3v) is 4.90. The average molecular weight is 381 g/mol. The van der Waals surface area contributed by atoms with Gasteiger partial charge in [0.05, 0.1) is 15.7 Å². The van der Waals surface area contributed by atoms with E-state index in [2.05, 4.69) is 24.1 Å². The first-order valence-electron chi connectivity index (χ1n) is 7.51. The lowest BCUT2D eigenvalue weighted by Gasteiger charge is -2.42. The number of benzene rings is 1. The molecule has 0 aliphatic carbocycles. The molecular weight excluding hydrogens is 357 g/mol. The summed E-state index contributed by atoms with van der Waals surface area (Å²) in [6.45, 7) is 6.91. The quantitative estimate of drug-likeness (QED) is 0.835. The molecule has 3 N–H and O–H groups in total. The number of anilines is 1. The fraction of sp³-hybridized carbons (Fsp3) is 0.562. The first-order valence-corrected chi connectivity index (χ1v) is 8.27. The van der Waals surface area contributed by atoms with E-state index in [9.17, 15) is 4.79 Å². The molecule has 0 aromatic heterocycles. The highest BCUT2D eigenvalue weighted by Crippen LogP contribution is 2.30. The minimum atomic E-state index is -0.0809. The average Bonchev–Trinajstić information content (AvgIpc) is 2.44. The van der Waals surface area contributed by atoms with Gasteiger partial charge in [-0.25, -0.2) is 0 Å². The van der Waals surface area contributed by atoms with Crippen LogP contribution in [0.25, 0.3) is 0 Å². The molecule has 4 nitrogen and oxygen atoms in total. The number of likely N-dealkylation sites (tertiary alicyclic amines) is 1. The summed E-state index contributed by atoms with van der Waals surface area (Å²) in [7, 11) is 0. The molecule has 1 heterocycles. The van der Waals surface area contributed by atoms with Crippen molar-refractivity contribution in [2.45, 2.75) is 32.7 Å². The summed E-state index contributed by atoms with van der Waals surface area (Å²) in [6.07, 6.45) is 1.37. The molecular formula is C16H24Cl3N3O. The first-order chi connectivity index (χ1) is 10.3. The van der Waals surface area contributed by atoms with Crippen molar-refractivity contribution in [1.82, 2.24) is 4.90 Å². The van der Waals surface area contributed by atoms with Gasteiger partial charge in [0.1, 0.15) is 0 Å². The Bertz CT molecular complexity index is 531. The molecule has 1 saturated heterocycles. The van der Waals surface area contributed by atoms with Crippen LogP contribution in [0.3, 0.4) is 0 Å². The number of halogens is 3. The number of nitrogens with two attached hydrogens (primary N) is 1. The summed E-state index contributed by atoms with van der Waals surface area (Å²) in [5.74, 6) is -0.0809. The molecule has 0 radical (unpaired) electrons. The van der Waals surface area contributed by atoms with E-state index < -0.39 is 0 Å². The minimum absolute atomic E-state index is 0. The van der Waals surface area contributed by atoms with Gasteiger partial charge < -0.3 is 16.0 Å². The van der Waals surface area contributed by atoms with Crippen molar-refractivity contribution < 1.29 is 4.79 Å². The van der Waals surface area contributed by atoms with Crippen LogP contribution in [0.15, 0.2) is 18.2 Å². The maximum atomic E-state index is 12.1. The molecule has 2 rings (SSSR count). The van der Waals surface area contributed by atoms with Gasteiger partial charge in [0, 0.05) is 25.6 Å². The summed E-state index contributed by atoms with van der Waals surface area (Å²) < 4.78 is 0. The topological polar surface area (TPSA) is 58.4 Å². The summed E-state index contributed by atoms with van der Waals surface area (Å²) in [5.41, 5.74) is 6.70. The molecule has 1 aliphatic heterocycles. The highest BCUT2D eigenvalue weighted by atomic mass is 35.5. The van der Waals surface area contributed by atoms with E-state index in [-0.39, 0.29) is 29.8 Å². The van der Waals surface area contributed by atoms with E-state index >= 15 is 0 Å². The van der Waals surface area contributed by atoms with E-state index in [4.69, 9.17) is 28.9 Å². The van der Waals surface area contributed by atoms with Crippen LogP contribution >= 0.6 is 35.6 Å². The number of rotatable bonds is 4. The number of amides is 1. The zero-order valence-electron chi connectivity index (χ0n) is 13.4. The van der Waals surface area contributed by atoms with Crippen LogP contribution in [0.2, 0.25) is 10.0 Å². The SMILES string of the molecule is CC1(C)CN(CCC(=O)Nc2c(Cl)cccc2Cl)CCC1N.Cl. The largest absolute Gasteiger partial charge is 0.327 e. The molecule has 0 bridgehead atoms. The van der Waals surface area contributed by atoms with Crippen molar-refractivity contribution in [2.24, 2.45) is 11.1 Å². The number of carbonyl (C=O) groups is 1. The van der Waals surface area contributed by atoms with Gasteiger partial charge >= 0.3 is 0 Å². The lowest BCUT2D eigenvalue weighted by Crippen LogP contribution is -2.52. The molecule has 1 unspecified atom stereocenters. The van der Waals surface area contributed by atoms with Gasteiger partial charge in [-0.15, -0.1) is 12.4 Å². The van der Waals surface area contributed by atoms with Crippen molar-refractivity contribution in [3.8, 4) is 0 Å². The third kappa shape index (κ3) is 5.50. The van der Waals surface area contributed by atoms with Crippen LogP contribution in [0.5, 0.6) is 0 Å². The van der Waals surface area contributed by atoms with Crippen LogP contribution in [0, 0.1) is 5.41 Å². The molecule has 1 aromatic carbocycles. The number of nitrogens with one attached hydrogen (secondary N) is 1. The highest BCUT2D eigenvalue weighted by molar-refractivity contribution is 6.39. The predicted octanol–water partition coefficient (Wildman–Crippen LogP) is 3.80. The molecule has 1 fully saturated rings. The van der Waals surface area contributed by atoms with E-state index in [0.717, 1.165) is 19.5 Å². The number of nitrogens with zero attached hydrogens (tertiary/aromatic N) is 1. The molecule has 1 atom stereocenters. The van der Waals surface area contributed by atoms with E-state index in [0.29, 0.717) is 28.7 Å². The van der Waals surface area contributed by atoms with Crippen LogP contribution in [-0.4, -0.2) is 36.5 Å². The fourth-order valence-electron chi connectivity index (χ4n) is 2.75. The first kappa shape index (κ1) is 20.5. The second-order valence-corrected chi connectivity index (χ2v) is 7.37. The highest BCUT2D eigenvalue weighted by Gasteiger charge is 2.33. The number of piperidine rings is 1. The molecule has 1 aliphatic rings. The maximum Gasteiger partial charge on any atom is 0.225 e. The van der Waals surface area contributed by atoms with Gasteiger partial charge in [-0.2, -0.15) is 0 Å². The molecule has 1 aromatic rings. The summed E-state index contributed by atoms with van der Waals surface area (Å²) in [5, 5.41) is 3.69. The summed E-state index contributed by atoms with van der Waals surface area (Å²) >= 11 is 12.1. The number of carbonyl (C=O) groups excluding carboxylic acids is 1. The van der Waals surface area contributed by atoms with E-state index in [1.807, 2.05) is 0 Å². The Morgan fingerprint density at radius 1 is 1.39 bits per heavy atom. The van der Waals surface area contributed by atoms with Gasteiger partial charge in [-0.05, 0) is 30.5 Å². The lowest BCUT2D eigenvalue weighted by atomic mass is 9.80. The number of hydrogen-bond donors (Lipinski definition) is 2. The van der Waals surface area contributed by atoms with Crippen molar-refractivity contribution in [2.75, 3.05) is 25.0 Å². The fourth-order valence-corrected chi connectivity index (χ4v) is 3.25. The zero-order valence-corrected chi connectivity index (χ0v) is 15.8. The zero-order chi connectivity index (χ0) is 16.3. The molecule has 0 spiro atoms. The summed E-state index contributed by atoms with van der Waals surface area (Å²) in [4.78, 5) is 14.4. The van der Waals surface area contributed by atoms with Gasteiger partial charge in [0.15, 0.2) is 0 Å². The van der Waals surface area contributed by atoms with Crippen LogP contribution in [0.4, 0.5) is 5.69 Å². The van der Waals surface area contributed by atoms with Crippen molar-refractivity contribution in [3.05, 3.63) is 28.2 Å². The standard InChI is InChI=1S/C16H23Cl2N3O.ClH/c1-16(2)10-21(8-6-13(16)19)9-7-14(22)20-15-11(17)4-3-5-12(15)18;/h3-5,13H,6-10,19H2,1-2H3,(H,20,22);1H. The Labute approximate surface area is 154 Å². The van der Waals surface area contributed by atoms with Gasteiger partial charge in [-0.3, -0.25) is 4.79 Å². The Balaban J connectivity index is 0.00000264. The van der Waals surface area contributed by atoms with Gasteiger partial charge in [-0.1, -0.05) is 43.1 Å². The lowest BCUT2D eigenvalue weighted by molar-refractivity contribution is -0.116. The maximum absolute atomic E-state index is 12.1. The van der Waals surface area contributed by atoms with Crippen LogP contribution in [-0.2, 0) is 4.79 Å². The molecule has 1 amide bonds. The van der Waals surface area contributed by atoms with E-state index in [1.165, 1.54) is 0 Å². The monoisotopic (exact) mass is 379 g/mol. The Morgan fingerprint density at radius 2 is 2.00 bits per heavy atom. The Kier molecular flexibility index (Phi) is 7.62. The smallest absolute Gasteiger partial charge is 0.225 e. The Hall–Kier alpha value is -0.520. The van der Waals surface area contributed by atoms with Crippen LogP contribution < -0.4 is 11.1 Å². The molecule has 7 heteroatoms.